The quantitative estimate of drug-likeness (QED) is 0.650. The molecule has 0 unspecified atom stereocenters. The average Bonchev–Trinajstić information content (AvgIpc) is 2.14. The first-order chi connectivity index (χ1) is 6.65. The van der Waals surface area contributed by atoms with E-state index in [4.69, 9.17) is 28.9 Å². The Morgan fingerprint density at radius 2 is 2.00 bits per heavy atom. The minimum absolute atomic E-state index is 0.509. The molecule has 1 nitrogen and oxygen atoms in total. The van der Waals surface area contributed by atoms with Gasteiger partial charge in [0, 0.05) is 10.4 Å². The van der Waals surface area contributed by atoms with Gasteiger partial charge in [-0.3, -0.25) is 0 Å². The van der Waals surface area contributed by atoms with Crippen LogP contribution in [-0.2, 0) is 0 Å². The van der Waals surface area contributed by atoms with Crippen LogP contribution < -0.4 is 5.73 Å². The van der Waals surface area contributed by atoms with Gasteiger partial charge in [0.05, 0.1) is 10.7 Å². The molecule has 0 heterocycles. The highest BCUT2D eigenvalue weighted by Gasteiger charge is 2.01. The summed E-state index contributed by atoms with van der Waals surface area (Å²) in [7, 11) is 0. The molecular weight excluding hydrogens is 285 g/mol. The van der Waals surface area contributed by atoms with E-state index in [1.54, 1.807) is 12.1 Å². The molecule has 4 heteroatoms. The molecule has 0 aromatic heterocycles. The standard InChI is InChI=1S/C10H10BrCl2N/c11-4-2-1-3-7-5-9(13)10(14)6-8(7)12/h1,3,5-6H,2,4,14H2. The molecule has 0 aliphatic heterocycles. The Morgan fingerprint density at radius 1 is 1.29 bits per heavy atom. The van der Waals surface area contributed by atoms with Crippen molar-refractivity contribution in [2.24, 2.45) is 0 Å². The normalized spacial score (nSPS) is 11.1. The third kappa shape index (κ3) is 3.19. The number of hydrogen-bond donors (Lipinski definition) is 1. The van der Waals surface area contributed by atoms with Crippen LogP contribution in [-0.4, -0.2) is 5.33 Å². The van der Waals surface area contributed by atoms with Crippen molar-refractivity contribution in [2.45, 2.75) is 6.42 Å². The molecule has 0 bridgehead atoms. The van der Waals surface area contributed by atoms with E-state index in [9.17, 15) is 0 Å². The topological polar surface area (TPSA) is 26.0 Å². The molecule has 0 radical (unpaired) electrons. The van der Waals surface area contributed by atoms with E-state index < -0.39 is 0 Å². The Labute approximate surface area is 102 Å². The maximum Gasteiger partial charge on any atom is 0.0642 e. The van der Waals surface area contributed by atoms with Gasteiger partial charge >= 0.3 is 0 Å². The third-order valence-corrected chi connectivity index (χ3v) is 2.80. The first-order valence-electron chi connectivity index (χ1n) is 4.12. The highest BCUT2D eigenvalue weighted by molar-refractivity contribution is 9.09. The number of rotatable bonds is 3. The fourth-order valence-electron chi connectivity index (χ4n) is 0.979. The molecule has 0 amide bonds. The Kier molecular flexibility index (Phi) is 4.79. The number of nitrogen functional groups attached to an aromatic ring is 1. The lowest BCUT2D eigenvalue weighted by Gasteiger charge is -2.02. The van der Waals surface area contributed by atoms with E-state index in [-0.39, 0.29) is 0 Å². The molecule has 14 heavy (non-hydrogen) atoms. The minimum Gasteiger partial charge on any atom is -0.397 e. The Balaban J connectivity index is 2.92. The Bertz CT molecular complexity index is 350. The lowest BCUT2D eigenvalue weighted by Crippen LogP contribution is -1.87. The van der Waals surface area contributed by atoms with E-state index in [2.05, 4.69) is 15.9 Å². The van der Waals surface area contributed by atoms with Crippen LogP contribution in [0.2, 0.25) is 10.0 Å². The third-order valence-electron chi connectivity index (χ3n) is 1.69. The molecule has 0 saturated heterocycles. The van der Waals surface area contributed by atoms with Gasteiger partial charge in [0.25, 0.3) is 0 Å². The molecule has 1 rings (SSSR count). The maximum atomic E-state index is 5.98. The van der Waals surface area contributed by atoms with Crippen molar-refractivity contribution in [2.75, 3.05) is 11.1 Å². The predicted octanol–water partition coefficient (Wildman–Crippen LogP) is 4.37. The molecule has 1 aromatic rings. The van der Waals surface area contributed by atoms with Crippen LogP contribution in [0.5, 0.6) is 0 Å². The van der Waals surface area contributed by atoms with Gasteiger partial charge in [-0.25, -0.2) is 0 Å². The largest absolute Gasteiger partial charge is 0.397 e. The van der Waals surface area contributed by atoms with Gasteiger partial charge in [-0.1, -0.05) is 51.3 Å². The lowest BCUT2D eigenvalue weighted by molar-refractivity contribution is 1.27. The van der Waals surface area contributed by atoms with E-state index in [0.29, 0.717) is 15.7 Å². The molecule has 2 N–H and O–H groups in total. The SMILES string of the molecule is Nc1cc(Cl)c(C=CCCBr)cc1Cl. The number of anilines is 1. The van der Waals surface area contributed by atoms with Gasteiger partial charge in [-0.05, 0) is 24.1 Å². The van der Waals surface area contributed by atoms with Crippen LogP contribution in [0, 0.1) is 0 Å². The van der Waals surface area contributed by atoms with Crippen molar-refractivity contribution < 1.29 is 0 Å². The summed E-state index contributed by atoms with van der Waals surface area (Å²) in [5, 5.41) is 2.09. The van der Waals surface area contributed by atoms with E-state index >= 15 is 0 Å². The van der Waals surface area contributed by atoms with Crippen LogP contribution in [0.25, 0.3) is 6.08 Å². The second-order valence-electron chi connectivity index (χ2n) is 2.78. The molecule has 0 fully saturated rings. The van der Waals surface area contributed by atoms with Crippen molar-refractivity contribution in [3.63, 3.8) is 0 Å². The highest BCUT2D eigenvalue weighted by Crippen LogP contribution is 2.27. The van der Waals surface area contributed by atoms with Gasteiger partial charge in [0.15, 0.2) is 0 Å². The van der Waals surface area contributed by atoms with Gasteiger partial charge in [-0.2, -0.15) is 0 Å². The van der Waals surface area contributed by atoms with Crippen molar-refractivity contribution in [3.05, 3.63) is 33.8 Å². The number of benzene rings is 1. The first-order valence-corrected chi connectivity index (χ1v) is 6.00. The Hall–Kier alpha value is -0.180. The van der Waals surface area contributed by atoms with Crippen molar-refractivity contribution >= 4 is 50.9 Å². The summed E-state index contributed by atoms with van der Waals surface area (Å²) in [6, 6.07) is 3.43. The van der Waals surface area contributed by atoms with Crippen LogP contribution in [0.3, 0.4) is 0 Å². The number of nitrogens with two attached hydrogens (primary N) is 1. The molecule has 1 aromatic carbocycles. The molecular formula is C10H10BrCl2N. The number of alkyl halides is 1. The summed E-state index contributed by atoms with van der Waals surface area (Å²) in [4.78, 5) is 0. The predicted molar refractivity (Wildman–Crippen MR) is 68.3 cm³/mol. The lowest BCUT2D eigenvalue weighted by atomic mass is 10.2. The second-order valence-corrected chi connectivity index (χ2v) is 4.38. The smallest absolute Gasteiger partial charge is 0.0642 e. The number of halogens is 3. The van der Waals surface area contributed by atoms with E-state index in [1.807, 2.05) is 12.2 Å². The summed E-state index contributed by atoms with van der Waals surface area (Å²) >= 11 is 15.2. The van der Waals surface area contributed by atoms with Gasteiger partial charge < -0.3 is 5.73 Å². The zero-order chi connectivity index (χ0) is 10.6. The first kappa shape index (κ1) is 11.9. The van der Waals surface area contributed by atoms with E-state index in [0.717, 1.165) is 17.3 Å². The van der Waals surface area contributed by atoms with Gasteiger partial charge in [0.2, 0.25) is 0 Å². The average molecular weight is 295 g/mol. The van der Waals surface area contributed by atoms with Crippen LogP contribution >= 0.6 is 39.1 Å². The number of allylic oxidation sites excluding steroid dienone is 1. The highest BCUT2D eigenvalue weighted by atomic mass is 79.9. The molecule has 0 saturated carbocycles. The molecule has 0 spiro atoms. The van der Waals surface area contributed by atoms with Crippen LogP contribution in [0.1, 0.15) is 12.0 Å². The summed E-state index contributed by atoms with van der Waals surface area (Å²) in [5.74, 6) is 0. The second kappa shape index (κ2) is 5.64. The summed E-state index contributed by atoms with van der Waals surface area (Å²) in [5.41, 5.74) is 7.00. The zero-order valence-electron chi connectivity index (χ0n) is 7.43. The van der Waals surface area contributed by atoms with Crippen molar-refractivity contribution in [3.8, 4) is 0 Å². The monoisotopic (exact) mass is 293 g/mol. The molecule has 0 aliphatic rings. The molecule has 0 aliphatic carbocycles. The van der Waals surface area contributed by atoms with Crippen LogP contribution in [0.4, 0.5) is 5.69 Å². The summed E-state index contributed by atoms with van der Waals surface area (Å²) < 4.78 is 0. The Morgan fingerprint density at radius 3 is 2.64 bits per heavy atom. The minimum atomic E-state index is 0.509. The fourth-order valence-corrected chi connectivity index (χ4v) is 1.65. The van der Waals surface area contributed by atoms with Crippen molar-refractivity contribution in [1.82, 2.24) is 0 Å². The maximum absolute atomic E-state index is 5.98. The van der Waals surface area contributed by atoms with Crippen LogP contribution in [0.15, 0.2) is 18.2 Å². The molecule has 76 valence electrons. The summed E-state index contributed by atoms with van der Waals surface area (Å²) in [6.07, 6.45) is 4.93. The molecule has 0 atom stereocenters. The van der Waals surface area contributed by atoms with E-state index in [1.165, 1.54) is 0 Å². The summed E-state index contributed by atoms with van der Waals surface area (Å²) in [6.45, 7) is 0. The van der Waals surface area contributed by atoms with Crippen molar-refractivity contribution in [1.29, 1.82) is 0 Å². The zero-order valence-corrected chi connectivity index (χ0v) is 10.5. The van der Waals surface area contributed by atoms with Gasteiger partial charge in [0.1, 0.15) is 0 Å². The number of hydrogen-bond acceptors (Lipinski definition) is 1. The van der Waals surface area contributed by atoms with Gasteiger partial charge in [-0.15, -0.1) is 0 Å². The fraction of sp³-hybridized carbons (Fsp3) is 0.200.